The first-order valence-electron chi connectivity index (χ1n) is 13.8. The molecular weight excluding hydrogens is 541 g/mol. The molecule has 2 N–H and O–H groups in total. The Kier molecular flexibility index (Phi) is 10.5. The van der Waals surface area contributed by atoms with Crippen molar-refractivity contribution in [2.75, 3.05) is 13.1 Å². The van der Waals surface area contributed by atoms with Gasteiger partial charge in [0.05, 0.1) is 12.0 Å². The summed E-state index contributed by atoms with van der Waals surface area (Å²) in [6.07, 6.45) is -3.76. The summed E-state index contributed by atoms with van der Waals surface area (Å²) in [6.45, 7) is 1.69. The van der Waals surface area contributed by atoms with Gasteiger partial charge >= 0.3 is 12.1 Å². The summed E-state index contributed by atoms with van der Waals surface area (Å²) in [5, 5.41) is 11.4. The number of benzene rings is 4. The van der Waals surface area contributed by atoms with Crippen LogP contribution in [0.5, 0.6) is 0 Å². The number of nitrogens with zero attached hydrogens (tertiary/aromatic N) is 1. The van der Waals surface area contributed by atoms with E-state index in [1.165, 1.54) is 23.3 Å². The van der Waals surface area contributed by atoms with Crippen LogP contribution >= 0.6 is 0 Å². The number of carboxylic acid groups (broad SMARTS) is 1. The fourth-order valence-corrected chi connectivity index (χ4v) is 4.88. The first kappa shape index (κ1) is 30.5. The van der Waals surface area contributed by atoms with Gasteiger partial charge in [0.1, 0.15) is 0 Å². The van der Waals surface area contributed by atoms with Crippen molar-refractivity contribution < 1.29 is 27.9 Å². The Morgan fingerprint density at radius 2 is 1.24 bits per heavy atom. The zero-order valence-corrected chi connectivity index (χ0v) is 23.1. The molecule has 0 aliphatic rings. The highest BCUT2D eigenvalue weighted by Gasteiger charge is 2.30. The van der Waals surface area contributed by atoms with Gasteiger partial charge in [0.15, 0.2) is 0 Å². The number of rotatable bonds is 13. The van der Waals surface area contributed by atoms with Gasteiger partial charge in [-0.05, 0) is 59.5 Å². The molecule has 1 amide bonds. The van der Waals surface area contributed by atoms with Crippen LogP contribution in [0.15, 0.2) is 109 Å². The van der Waals surface area contributed by atoms with Crippen molar-refractivity contribution >= 4 is 11.9 Å². The summed E-state index contributed by atoms with van der Waals surface area (Å²) in [5.74, 6) is -1.20. The lowest BCUT2D eigenvalue weighted by Gasteiger charge is -2.26. The van der Waals surface area contributed by atoms with E-state index in [2.05, 4.69) is 34.5 Å². The number of nitrogens with one attached hydrogen (secondary N) is 1. The third-order valence-electron chi connectivity index (χ3n) is 7.07. The van der Waals surface area contributed by atoms with E-state index in [9.17, 15) is 22.8 Å². The number of alkyl halides is 3. The quantitative estimate of drug-likeness (QED) is 0.178. The number of hydrogen-bond donors (Lipinski definition) is 2. The minimum Gasteiger partial charge on any atom is -0.481 e. The minimum atomic E-state index is -4.39. The zero-order valence-electron chi connectivity index (χ0n) is 23.1. The Hall–Kier alpha value is -4.43. The van der Waals surface area contributed by atoms with Crippen molar-refractivity contribution in [3.63, 3.8) is 0 Å². The van der Waals surface area contributed by atoms with Crippen LogP contribution in [0.25, 0.3) is 0 Å². The van der Waals surface area contributed by atoms with E-state index in [1.54, 1.807) is 12.1 Å². The summed E-state index contributed by atoms with van der Waals surface area (Å²) in [4.78, 5) is 25.3. The van der Waals surface area contributed by atoms with Gasteiger partial charge in [-0.15, -0.1) is 0 Å². The maximum Gasteiger partial charge on any atom is 0.416 e. The smallest absolute Gasteiger partial charge is 0.416 e. The molecule has 0 heterocycles. The molecule has 0 radical (unpaired) electrons. The molecule has 0 saturated heterocycles. The van der Waals surface area contributed by atoms with Gasteiger partial charge in [0.25, 0.3) is 5.91 Å². The standard InChI is InChI=1S/C34H33F3N2O3/c35-34(36,37)30-17-13-26(14-18-30)24-39(23-25-11-15-29(16-12-25)33(42)38-21-19-32(40)41)22-20-31(27-7-3-1-4-8-27)28-9-5-2-6-10-28/h1-18,31H,19-24H2,(H,38,42)(H,40,41). The topological polar surface area (TPSA) is 69.6 Å². The third-order valence-corrected chi connectivity index (χ3v) is 7.07. The van der Waals surface area contributed by atoms with Gasteiger partial charge in [-0.3, -0.25) is 14.5 Å². The molecule has 0 fully saturated rings. The summed E-state index contributed by atoms with van der Waals surface area (Å²) in [6, 6.07) is 32.8. The van der Waals surface area contributed by atoms with Crippen LogP contribution < -0.4 is 5.32 Å². The molecule has 0 bridgehead atoms. The molecule has 0 aliphatic carbocycles. The molecule has 42 heavy (non-hydrogen) atoms. The predicted molar refractivity (Wildman–Crippen MR) is 156 cm³/mol. The normalized spacial score (nSPS) is 11.5. The largest absolute Gasteiger partial charge is 0.481 e. The minimum absolute atomic E-state index is 0.0425. The Balaban J connectivity index is 1.52. The molecule has 0 saturated carbocycles. The van der Waals surface area contributed by atoms with E-state index in [0.29, 0.717) is 25.2 Å². The molecule has 8 heteroatoms. The third kappa shape index (κ3) is 9.04. The van der Waals surface area contributed by atoms with E-state index >= 15 is 0 Å². The average molecular weight is 575 g/mol. The SMILES string of the molecule is O=C(O)CCNC(=O)c1ccc(CN(CCC(c2ccccc2)c2ccccc2)Cc2ccc(C(F)(F)F)cc2)cc1. The lowest BCUT2D eigenvalue weighted by Crippen LogP contribution is -2.27. The van der Waals surface area contributed by atoms with Gasteiger partial charge < -0.3 is 10.4 Å². The average Bonchev–Trinajstić information content (AvgIpc) is 2.98. The van der Waals surface area contributed by atoms with Crippen LogP contribution in [0.1, 0.15) is 56.9 Å². The van der Waals surface area contributed by atoms with E-state index in [-0.39, 0.29) is 24.8 Å². The van der Waals surface area contributed by atoms with E-state index in [0.717, 1.165) is 29.7 Å². The predicted octanol–water partition coefficient (Wildman–Crippen LogP) is 7.13. The van der Waals surface area contributed by atoms with Crippen molar-refractivity contribution in [2.45, 2.75) is 38.0 Å². The fraction of sp³-hybridized carbons (Fsp3) is 0.235. The zero-order chi connectivity index (χ0) is 30.0. The molecule has 0 aromatic heterocycles. The molecule has 4 aromatic rings. The summed E-state index contributed by atoms with van der Waals surface area (Å²) >= 11 is 0. The van der Waals surface area contributed by atoms with Crippen LogP contribution in [0.2, 0.25) is 0 Å². The number of amides is 1. The van der Waals surface area contributed by atoms with Crippen LogP contribution in [0.4, 0.5) is 13.2 Å². The van der Waals surface area contributed by atoms with Gasteiger partial charge in [-0.1, -0.05) is 84.9 Å². The van der Waals surface area contributed by atoms with Crippen molar-refractivity contribution in [1.29, 1.82) is 0 Å². The van der Waals surface area contributed by atoms with Crippen molar-refractivity contribution in [2.24, 2.45) is 0 Å². The van der Waals surface area contributed by atoms with Crippen molar-refractivity contribution in [1.82, 2.24) is 10.2 Å². The second kappa shape index (κ2) is 14.5. The van der Waals surface area contributed by atoms with Crippen LogP contribution in [0.3, 0.4) is 0 Å². The van der Waals surface area contributed by atoms with Crippen LogP contribution in [-0.4, -0.2) is 35.0 Å². The van der Waals surface area contributed by atoms with E-state index < -0.39 is 17.7 Å². The Labute approximate surface area is 243 Å². The number of carbonyl (C=O) groups excluding carboxylic acids is 1. The molecule has 0 spiro atoms. The lowest BCUT2D eigenvalue weighted by molar-refractivity contribution is -0.138. The van der Waals surface area contributed by atoms with Gasteiger partial charge in [0, 0.05) is 31.1 Å². The van der Waals surface area contributed by atoms with E-state index in [4.69, 9.17) is 5.11 Å². The van der Waals surface area contributed by atoms with Crippen LogP contribution in [0, 0.1) is 0 Å². The summed E-state index contributed by atoms with van der Waals surface area (Å²) < 4.78 is 39.4. The highest BCUT2D eigenvalue weighted by molar-refractivity contribution is 5.94. The number of aliphatic carboxylic acids is 1. The molecule has 5 nitrogen and oxygen atoms in total. The molecule has 218 valence electrons. The molecule has 0 unspecified atom stereocenters. The van der Waals surface area contributed by atoms with Gasteiger partial charge in [0.2, 0.25) is 0 Å². The lowest BCUT2D eigenvalue weighted by atomic mass is 9.88. The summed E-state index contributed by atoms with van der Waals surface area (Å²) in [5.41, 5.74) is 3.84. The van der Waals surface area contributed by atoms with E-state index in [1.807, 2.05) is 48.5 Å². The second-order valence-corrected chi connectivity index (χ2v) is 10.2. The van der Waals surface area contributed by atoms with Gasteiger partial charge in [-0.25, -0.2) is 0 Å². The summed E-state index contributed by atoms with van der Waals surface area (Å²) in [7, 11) is 0. The fourth-order valence-electron chi connectivity index (χ4n) is 4.88. The Bertz CT molecular complexity index is 1390. The highest BCUT2D eigenvalue weighted by Crippen LogP contribution is 2.30. The van der Waals surface area contributed by atoms with Crippen molar-refractivity contribution in [3.05, 3.63) is 143 Å². The number of halogens is 3. The van der Waals surface area contributed by atoms with Gasteiger partial charge in [-0.2, -0.15) is 13.2 Å². The molecule has 4 rings (SSSR count). The monoisotopic (exact) mass is 574 g/mol. The maximum absolute atomic E-state index is 13.1. The Morgan fingerprint density at radius 3 is 1.71 bits per heavy atom. The molecular formula is C34H33F3N2O3. The first-order valence-corrected chi connectivity index (χ1v) is 13.8. The number of carbonyl (C=O) groups is 2. The Morgan fingerprint density at radius 1 is 0.738 bits per heavy atom. The molecule has 0 aliphatic heterocycles. The van der Waals surface area contributed by atoms with Crippen LogP contribution in [-0.2, 0) is 24.1 Å². The maximum atomic E-state index is 13.1. The molecule has 0 atom stereocenters. The molecule has 4 aromatic carbocycles. The second-order valence-electron chi connectivity index (χ2n) is 10.2. The van der Waals surface area contributed by atoms with Crippen molar-refractivity contribution in [3.8, 4) is 0 Å². The number of hydrogen-bond acceptors (Lipinski definition) is 3. The highest BCUT2D eigenvalue weighted by atomic mass is 19.4. The first-order chi connectivity index (χ1) is 20.2. The number of carboxylic acids is 1.